The fourth-order valence-electron chi connectivity index (χ4n) is 1.20. The Morgan fingerprint density at radius 1 is 1.40 bits per heavy atom. The second-order valence-corrected chi connectivity index (χ2v) is 4.52. The number of ether oxygens (including phenoxy) is 1. The molecule has 0 radical (unpaired) electrons. The molecule has 3 nitrogen and oxygen atoms in total. The molecule has 1 aromatic rings. The Morgan fingerprint density at radius 3 is 2.73 bits per heavy atom. The van der Waals surface area contributed by atoms with Crippen molar-refractivity contribution in [2.45, 2.75) is 39.8 Å². The molecule has 0 saturated heterocycles. The zero-order valence-electron chi connectivity index (χ0n) is 10.0. The molecule has 0 aromatic carbocycles. The summed E-state index contributed by atoms with van der Waals surface area (Å²) in [7, 11) is 0. The van der Waals surface area contributed by atoms with E-state index in [4.69, 9.17) is 4.74 Å². The summed E-state index contributed by atoms with van der Waals surface area (Å²) >= 11 is 0. The van der Waals surface area contributed by atoms with Crippen molar-refractivity contribution >= 4 is 0 Å². The highest BCUT2D eigenvalue weighted by atomic mass is 16.5. The fourth-order valence-corrected chi connectivity index (χ4v) is 1.20. The highest BCUT2D eigenvalue weighted by Crippen LogP contribution is 2.16. The van der Waals surface area contributed by atoms with E-state index in [1.165, 1.54) is 0 Å². The first-order chi connectivity index (χ1) is 7.03. The van der Waals surface area contributed by atoms with Gasteiger partial charge in [0, 0.05) is 23.8 Å². The van der Waals surface area contributed by atoms with E-state index in [9.17, 15) is 0 Å². The molecule has 3 heteroatoms. The lowest BCUT2D eigenvalue weighted by molar-refractivity contribution is 0.330. The first-order valence-electron chi connectivity index (χ1n) is 5.33. The molecule has 0 fully saturated rings. The Balaban J connectivity index is 2.67. The highest BCUT2D eigenvalue weighted by Gasteiger charge is 2.10. The van der Waals surface area contributed by atoms with Gasteiger partial charge < -0.3 is 10.1 Å². The van der Waals surface area contributed by atoms with E-state index in [1.54, 1.807) is 12.4 Å². The van der Waals surface area contributed by atoms with Gasteiger partial charge in [0.1, 0.15) is 5.75 Å². The van der Waals surface area contributed by atoms with E-state index in [-0.39, 0.29) is 5.54 Å². The predicted molar refractivity (Wildman–Crippen MR) is 62.0 cm³/mol. The van der Waals surface area contributed by atoms with E-state index in [0.29, 0.717) is 6.61 Å². The minimum Gasteiger partial charge on any atom is -0.492 e. The third-order valence-corrected chi connectivity index (χ3v) is 1.98. The maximum Gasteiger partial charge on any atom is 0.142 e. The third kappa shape index (κ3) is 4.30. The molecule has 0 atom stereocenters. The Hall–Kier alpha value is -1.09. The minimum absolute atomic E-state index is 0.118. The maximum atomic E-state index is 5.50. The van der Waals surface area contributed by atoms with Crippen molar-refractivity contribution in [2.75, 3.05) is 6.61 Å². The van der Waals surface area contributed by atoms with Crippen LogP contribution >= 0.6 is 0 Å². The topological polar surface area (TPSA) is 34.1 Å². The van der Waals surface area contributed by atoms with Crippen LogP contribution in [0.3, 0.4) is 0 Å². The molecule has 1 N–H and O–H groups in total. The van der Waals surface area contributed by atoms with Gasteiger partial charge in [0.2, 0.25) is 0 Å². The Morgan fingerprint density at radius 2 is 2.13 bits per heavy atom. The van der Waals surface area contributed by atoms with Crippen molar-refractivity contribution in [1.82, 2.24) is 10.3 Å². The molecule has 1 rings (SSSR count). The van der Waals surface area contributed by atoms with Gasteiger partial charge >= 0.3 is 0 Å². The van der Waals surface area contributed by atoms with Crippen LogP contribution in [0.2, 0.25) is 0 Å². The molecule has 0 spiro atoms. The Bertz CT molecular complexity index is 305. The van der Waals surface area contributed by atoms with Crippen molar-refractivity contribution in [3.63, 3.8) is 0 Å². The first-order valence-corrected chi connectivity index (χ1v) is 5.33. The zero-order valence-corrected chi connectivity index (χ0v) is 10.0. The Labute approximate surface area is 91.9 Å². The lowest BCUT2D eigenvalue weighted by Crippen LogP contribution is -2.35. The molecule has 0 aliphatic heterocycles. The molecule has 15 heavy (non-hydrogen) atoms. The molecule has 0 bridgehead atoms. The molecule has 0 unspecified atom stereocenters. The molecule has 84 valence electrons. The van der Waals surface area contributed by atoms with Crippen LogP contribution in [-0.4, -0.2) is 17.1 Å². The van der Waals surface area contributed by atoms with Crippen LogP contribution in [0, 0.1) is 0 Å². The van der Waals surface area contributed by atoms with E-state index in [2.05, 4.69) is 31.1 Å². The van der Waals surface area contributed by atoms with Gasteiger partial charge in [-0.25, -0.2) is 0 Å². The summed E-state index contributed by atoms with van der Waals surface area (Å²) in [6, 6.07) is 1.99. The summed E-state index contributed by atoms with van der Waals surface area (Å²) < 4.78 is 5.50. The zero-order chi connectivity index (χ0) is 11.3. The molecule has 1 aromatic heterocycles. The van der Waals surface area contributed by atoms with Crippen LogP contribution in [0.5, 0.6) is 5.75 Å². The van der Waals surface area contributed by atoms with Crippen molar-refractivity contribution in [3.05, 3.63) is 24.0 Å². The van der Waals surface area contributed by atoms with Gasteiger partial charge in [-0.05, 0) is 33.8 Å². The lowest BCUT2D eigenvalue weighted by Gasteiger charge is -2.21. The summed E-state index contributed by atoms with van der Waals surface area (Å²) in [5.74, 6) is 0.872. The third-order valence-electron chi connectivity index (χ3n) is 1.98. The van der Waals surface area contributed by atoms with Gasteiger partial charge in [-0.15, -0.1) is 0 Å². The number of hydrogen-bond acceptors (Lipinski definition) is 3. The molecule has 1 heterocycles. The van der Waals surface area contributed by atoms with Crippen LogP contribution in [-0.2, 0) is 6.54 Å². The van der Waals surface area contributed by atoms with Crippen LogP contribution in [0.4, 0.5) is 0 Å². The quantitative estimate of drug-likeness (QED) is 0.824. The monoisotopic (exact) mass is 208 g/mol. The smallest absolute Gasteiger partial charge is 0.142 e. The van der Waals surface area contributed by atoms with Crippen LogP contribution in [0.25, 0.3) is 0 Å². The number of hydrogen-bond donors (Lipinski definition) is 1. The van der Waals surface area contributed by atoms with Gasteiger partial charge in [0.05, 0.1) is 12.8 Å². The van der Waals surface area contributed by atoms with E-state index in [1.807, 2.05) is 13.0 Å². The van der Waals surface area contributed by atoms with Gasteiger partial charge in [-0.2, -0.15) is 0 Å². The fraction of sp³-hybridized carbons (Fsp3) is 0.583. The van der Waals surface area contributed by atoms with Gasteiger partial charge in [0.25, 0.3) is 0 Å². The normalized spacial score (nSPS) is 11.5. The number of nitrogens with zero attached hydrogens (tertiary/aromatic N) is 1. The molecule has 0 saturated carbocycles. The number of aromatic nitrogens is 1. The minimum atomic E-state index is 0.118. The van der Waals surface area contributed by atoms with Crippen molar-refractivity contribution < 1.29 is 4.74 Å². The largest absolute Gasteiger partial charge is 0.492 e. The summed E-state index contributed by atoms with van der Waals surface area (Å²) in [6.45, 7) is 9.90. The SMILES string of the molecule is CCOc1cnccc1CNC(C)(C)C. The maximum absolute atomic E-state index is 5.50. The molecular weight excluding hydrogens is 188 g/mol. The van der Waals surface area contributed by atoms with Crippen molar-refractivity contribution in [1.29, 1.82) is 0 Å². The van der Waals surface area contributed by atoms with Gasteiger partial charge in [-0.1, -0.05) is 0 Å². The standard InChI is InChI=1S/C12H20N2O/c1-5-15-11-9-13-7-6-10(11)8-14-12(2,3)4/h6-7,9,14H,5,8H2,1-4H3. The molecule has 0 aliphatic rings. The van der Waals surface area contributed by atoms with Crippen molar-refractivity contribution in [2.24, 2.45) is 0 Å². The van der Waals surface area contributed by atoms with E-state index >= 15 is 0 Å². The summed E-state index contributed by atoms with van der Waals surface area (Å²) in [6.07, 6.45) is 3.56. The average Bonchev–Trinajstić information content (AvgIpc) is 2.16. The first kappa shape index (κ1) is 12.0. The van der Waals surface area contributed by atoms with Crippen LogP contribution in [0.15, 0.2) is 18.5 Å². The predicted octanol–water partition coefficient (Wildman–Crippen LogP) is 2.37. The molecular formula is C12H20N2O. The molecule has 0 amide bonds. The van der Waals surface area contributed by atoms with Gasteiger partial charge in [-0.3, -0.25) is 4.98 Å². The van der Waals surface area contributed by atoms with E-state index < -0.39 is 0 Å². The summed E-state index contributed by atoms with van der Waals surface area (Å²) in [4.78, 5) is 4.06. The summed E-state index contributed by atoms with van der Waals surface area (Å²) in [5.41, 5.74) is 1.27. The van der Waals surface area contributed by atoms with Gasteiger partial charge in [0.15, 0.2) is 0 Å². The van der Waals surface area contributed by atoms with E-state index in [0.717, 1.165) is 17.9 Å². The number of pyridine rings is 1. The van der Waals surface area contributed by atoms with Crippen molar-refractivity contribution in [3.8, 4) is 5.75 Å². The Kier molecular flexibility index (Phi) is 4.09. The summed E-state index contributed by atoms with van der Waals surface area (Å²) in [5, 5.41) is 3.43. The molecule has 0 aliphatic carbocycles. The highest BCUT2D eigenvalue weighted by molar-refractivity contribution is 5.29. The van der Waals surface area contributed by atoms with Crippen LogP contribution < -0.4 is 10.1 Å². The number of rotatable bonds is 4. The van der Waals surface area contributed by atoms with Crippen LogP contribution in [0.1, 0.15) is 33.3 Å². The number of nitrogens with one attached hydrogen (secondary N) is 1. The lowest BCUT2D eigenvalue weighted by atomic mass is 10.1. The average molecular weight is 208 g/mol. The second-order valence-electron chi connectivity index (χ2n) is 4.52. The second kappa shape index (κ2) is 5.12.